The third kappa shape index (κ3) is 2.58. The fraction of sp³-hybridized carbons (Fsp3) is 0.462. The van der Waals surface area contributed by atoms with Crippen LogP contribution in [0.2, 0.25) is 0 Å². The minimum absolute atomic E-state index is 0.0224. The van der Waals surface area contributed by atoms with Crippen molar-refractivity contribution in [2.24, 2.45) is 0 Å². The molecule has 1 aliphatic heterocycles. The molecule has 1 aliphatic rings. The van der Waals surface area contributed by atoms with Gasteiger partial charge in [-0.05, 0) is 43.0 Å². The smallest absolute Gasteiger partial charge is 0.347 e. The van der Waals surface area contributed by atoms with Gasteiger partial charge in [-0.3, -0.25) is 0 Å². The van der Waals surface area contributed by atoms with Gasteiger partial charge >= 0.3 is 5.97 Å². The van der Waals surface area contributed by atoms with E-state index in [9.17, 15) is 4.79 Å². The maximum Gasteiger partial charge on any atom is 0.347 e. The summed E-state index contributed by atoms with van der Waals surface area (Å²) in [4.78, 5) is 11.5. The first kappa shape index (κ1) is 11.9. The van der Waals surface area contributed by atoms with E-state index in [-0.39, 0.29) is 12.6 Å². The lowest BCUT2D eigenvalue weighted by molar-refractivity contribution is -0.152. The Balaban J connectivity index is 2.11. The van der Waals surface area contributed by atoms with Crippen molar-refractivity contribution in [3.63, 3.8) is 0 Å². The molecule has 1 atom stereocenters. The van der Waals surface area contributed by atoms with Crippen LogP contribution in [0.1, 0.15) is 24.5 Å². The van der Waals surface area contributed by atoms with Gasteiger partial charge < -0.3 is 14.6 Å². The fourth-order valence-corrected chi connectivity index (χ4v) is 1.94. The number of carbonyl (C=O) groups excluding carboxylic acids is 1. The maximum absolute atomic E-state index is 11.5. The molecule has 1 heterocycles. The van der Waals surface area contributed by atoms with E-state index in [1.807, 2.05) is 6.07 Å². The van der Waals surface area contributed by atoms with E-state index in [2.05, 4.69) is 0 Å². The molecule has 1 N–H and O–H groups in total. The zero-order chi connectivity index (χ0) is 12.3. The molecule has 0 saturated heterocycles. The Bertz CT molecular complexity index is 414. The quantitative estimate of drug-likeness (QED) is 0.807. The lowest BCUT2D eigenvalue weighted by Crippen LogP contribution is -2.32. The van der Waals surface area contributed by atoms with Gasteiger partial charge in [0.15, 0.2) is 6.10 Å². The van der Waals surface area contributed by atoms with Crippen molar-refractivity contribution in [1.29, 1.82) is 0 Å². The number of benzene rings is 1. The van der Waals surface area contributed by atoms with E-state index in [0.717, 1.165) is 17.5 Å². The summed E-state index contributed by atoms with van der Waals surface area (Å²) in [6.07, 6.45) is 0.898. The van der Waals surface area contributed by atoms with Gasteiger partial charge in [0.25, 0.3) is 0 Å². The maximum atomic E-state index is 11.5. The number of aliphatic hydroxyl groups excluding tert-OH is 1. The van der Waals surface area contributed by atoms with E-state index in [1.54, 1.807) is 19.1 Å². The second-order valence-electron chi connectivity index (χ2n) is 4.00. The summed E-state index contributed by atoms with van der Waals surface area (Å²) in [5, 5.41) is 9.03. The third-order valence-corrected chi connectivity index (χ3v) is 2.80. The zero-order valence-corrected chi connectivity index (χ0v) is 9.81. The molecule has 0 bridgehead atoms. The van der Waals surface area contributed by atoms with Crippen molar-refractivity contribution in [3.8, 4) is 5.75 Å². The average molecular weight is 236 g/mol. The van der Waals surface area contributed by atoms with Crippen molar-refractivity contribution >= 4 is 5.97 Å². The molecule has 2 rings (SSSR count). The standard InChI is InChI=1S/C13H16O4/c1-2-16-13(15)12-6-4-10-7-9(8-14)3-5-11(10)17-12/h3,5,7,12,14H,2,4,6,8H2,1H3. The summed E-state index contributed by atoms with van der Waals surface area (Å²) in [5.41, 5.74) is 1.90. The van der Waals surface area contributed by atoms with Gasteiger partial charge in [0.2, 0.25) is 0 Å². The number of hydrogen-bond acceptors (Lipinski definition) is 4. The second kappa shape index (κ2) is 5.19. The number of hydrogen-bond donors (Lipinski definition) is 1. The Hall–Kier alpha value is -1.55. The van der Waals surface area contributed by atoms with Crippen LogP contribution in [-0.4, -0.2) is 23.8 Å². The molecule has 4 nitrogen and oxygen atoms in total. The summed E-state index contributed by atoms with van der Waals surface area (Å²) in [7, 11) is 0. The predicted octanol–water partition coefficient (Wildman–Crippen LogP) is 1.44. The van der Waals surface area contributed by atoms with Crippen LogP contribution in [0.3, 0.4) is 0 Å². The molecule has 1 unspecified atom stereocenters. The molecule has 17 heavy (non-hydrogen) atoms. The fourth-order valence-electron chi connectivity index (χ4n) is 1.94. The highest BCUT2D eigenvalue weighted by molar-refractivity contribution is 5.75. The Kier molecular flexibility index (Phi) is 3.64. The first-order valence-electron chi connectivity index (χ1n) is 5.80. The molecule has 0 aromatic heterocycles. The predicted molar refractivity (Wildman–Crippen MR) is 61.7 cm³/mol. The highest BCUT2D eigenvalue weighted by Gasteiger charge is 2.27. The highest BCUT2D eigenvalue weighted by atomic mass is 16.6. The lowest BCUT2D eigenvalue weighted by atomic mass is 10.00. The molecule has 0 radical (unpaired) electrons. The van der Waals surface area contributed by atoms with Crippen LogP contribution in [0.15, 0.2) is 18.2 Å². The van der Waals surface area contributed by atoms with Gasteiger partial charge in [0.05, 0.1) is 13.2 Å². The van der Waals surface area contributed by atoms with Crippen molar-refractivity contribution in [2.75, 3.05) is 6.61 Å². The molecule has 0 spiro atoms. The minimum atomic E-state index is -0.498. The molecular weight excluding hydrogens is 220 g/mol. The average Bonchev–Trinajstić information content (AvgIpc) is 2.37. The summed E-state index contributed by atoms with van der Waals surface area (Å²) >= 11 is 0. The molecule has 4 heteroatoms. The van der Waals surface area contributed by atoms with Crippen LogP contribution in [0.5, 0.6) is 5.75 Å². The Morgan fingerprint density at radius 3 is 3.12 bits per heavy atom. The van der Waals surface area contributed by atoms with Crippen molar-refractivity contribution in [2.45, 2.75) is 32.5 Å². The van der Waals surface area contributed by atoms with E-state index in [1.165, 1.54) is 0 Å². The molecule has 0 aliphatic carbocycles. The first-order chi connectivity index (χ1) is 8.24. The largest absolute Gasteiger partial charge is 0.478 e. The minimum Gasteiger partial charge on any atom is -0.478 e. The summed E-state index contributed by atoms with van der Waals surface area (Å²) in [5.74, 6) is 0.413. The molecule has 0 saturated carbocycles. The van der Waals surface area contributed by atoms with E-state index < -0.39 is 6.10 Å². The van der Waals surface area contributed by atoms with Crippen molar-refractivity contribution < 1.29 is 19.4 Å². The van der Waals surface area contributed by atoms with Crippen LogP contribution in [0.4, 0.5) is 0 Å². The van der Waals surface area contributed by atoms with Gasteiger partial charge in [-0.2, -0.15) is 0 Å². The number of esters is 1. The van der Waals surface area contributed by atoms with Gasteiger partial charge in [0, 0.05) is 0 Å². The van der Waals surface area contributed by atoms with Crippen LogP contribution in [0.25, 0.3) is 0 Å². The van der Waals surface area contributed by atoms with Crippen LogP contribution >= 0.6 is 0 Å². The number of aliphatic hydroxyl groups is 1. The number of rotatable bonds is 3. The molecule has 1 aromatic rings. The van der Waals surface area contributed by atoms with Crippen LogP contribution < -0.4 is 4.74 Å². The van der Waals surface area contributed by atoms with Gasteiger partial charge in [-0.25, -0.2) is 4.79 Å². The Labute approximate surface area is 100 Å². The normalized spacial score (nSPS) is 18.1. The Morgan fingerprint density at radius 1 is 1.59 bits per heavy atom. The number of ether oxygens (including phenoxy) is 2. The third-order valence-electron chi connectivity index (χ3n) is 2.80. The first-order valence-corrected chi connectivity index (χ1v) is 5.80. The molecule has 0 amide bonds. The van der Waals surface area contributed by atoms with E-state index >= 15 is 0 Å². The second-order valence-corrected chi connectivity index (χ2v) is 4.00. The van der Waals surface area contributed by atoms with Crippen molar-refractivity contribution in [1.82, 2.24) is 0 Å². The Morgan fingerprint density at radius 2 is 2.41 bits per heavy atom. The van der Waals surface area contributed by atoms with Gasteiger partial charge in [-0.15, -0.1) is 0 Å². The van der Waals surface area contributed by atoms with Crippen LogP contribution in [0, 0.1) is 0 Å². The molecule has 0 fully saturated rings. The lowest BCUT2D eigenvalue weighted by Gasteiger charge is -2.24. The summed E-state index contributed by atoms with van der Waals surface area (Å²) < 4.78 is 10.5. The molecule has 1 aromatic carbocycles. The number of aryl methyl sites for hydroxylation is 1. The zero-order valence-electron chi connectivity index (χ0n) is 9.81. The van der Waals surface area contributed by atoms with Crippen LogP contribution in [-0.2, 0) is 22.6 Å². The SMILES string of the molecule is CCOC(=O)C1CCc2cc(CO)ccc2O1. The van der Waals surface area contributed by atoms with Crippen molar-refractivity contribution in [3.05, 3.63) is 29.3 Å². The van der Waals surface area contributed by atoms with Gasteiger partial charge in [-0.1, -0.05) is 6.07 Å². The summed E-state index contributed by atoms with van der Waals surface area (Å²) in [6, 6.07) is 5.51. The highest BCUT2D eigenvalue weighted by Crippen LogP contribution is 2.28. The topological polar surface area (TPSA) is 55.8 Å². The van der Waals surface area contributed by atoms with E-state index in [4.69, 9.17) is 14.6 Å². The summed E-state index contributed by atoms with van der Waals surface area (Å²) in [6.45, 7) is 2.17. The van der Waals surface area contributed by atoms with E-state index in [0.29, 0.717) is 18.8 Å². The monoisotopic (exact) mass is 236 g/mol. The molecule has 92 valence electrons. The number of carbonyl (C=O) groups is 1. The molecular formula is C13H16O4. The number of fused-ring (bicyclic) bond motifs is 1. The van der Waals surface area contributed by atoms with Gasteiger partial charge in [0.1, 0.15) is 5.75 Å².